The molecule has 0 aliphatic carbocycles. The number of hydrogen-bond acceptors (Lipinski definition) is 1. The molecule has 0 aliphatic heterocycles. The number of aromatic amines is 1. The summed E-state index contributed by atoms with van der Waals surface area (Å²) in [4.78, 5) is 16.0. The van der Waals surface area contributed by atoms with Gasteiger partial charge in [-0.2, -0.15) is 0 Å². The van der Waals surface area contributed by atoms with Crippen molar-refractivity contribution in [2.75, 3.05) is 5.32 Å². The van der Waals surface area contributed by atoms with E-state index in [-0.39, 0.29) is 5.91 Å². The van der Waals surface area contributed by atoms with Crippen LogP contribution < -0.4 is 5.32 Å². The van der Waals surface area contributed by atoms with Gasteiger partial charge in [-0.05, 0) is 43.3 Å². The summed E-state index contributed by atoms with van der Waals surface area (Å²) in [5, 5.41) is 5.04. The Bertz CT molecular complexity index is 1040. The van der Waals surface area contributed by atoms with Crippen LogP contribution in [0.4, 0.5) is 5.69 Å². The average Bonchev–Trinajstić information content (AvgIpc) is 3.10. The molecule has 0 fully saturated rings. The topological polar surface area (TPSA) is 49.8 Å². The zero-order valence-corrected chi connectivity index (χ0v) is 13.1. The first-order valence-corrected chi connectivity index (χ1v) is 7.57. The molecule has 4 heteroatoms. The Morgan fingerprint density at radius 3 is 2.78 bits per heavy atom. The number of aryl methyl sites for hydroxylation is 2. The lowest BCUT2D eigenvalue weighted by Gasteiger charge is -2.08. The Hall–Kier alpha value is -3.01. The maximum Gasteiger partial charge on any atom is 0.256 e. The van der Waals surface area contributed by atoms with Crippen LogP contribution in [-0.4, -0.2) is 15.5 Å². The number of carbonyl (C=O) groups excluding carboxylic acids is 1. The predicted octanol–water partition coefficient (Wildman–Crippen LogP) is 4.22. The van der Waals surface area contributed by atoms with Gasteiger partial charge in [0.1, 0.15) is 0 Å². The highest BCUT2D eigenvalue weighted by Gasteiger charge is 2.13. The van der Waals surface area contributed by atoms with Crippen molar-refractivity contribution in [1.82, 2.24) is 9.55 Å². The lowest BCUT2D eigenvalue weighted by molar-refractivity contribution is 0.102. The van der Waals surface area contributed by atoms with E-state index in [1.165, 1.54) is 0 Å². The monoisotopic (exact) mass is 303 g/mol. The van der Waals surface area contributed by atoms with E-state index in [0.29, 0.717) is 5.56 Å². The van der Waals surface area contributed by atoms with Crippen LogP contribution in [0.15, 0.2) is 54.7 Å². The number of hydrogen-bond donors (Lipinski definition) is 2. The molecule has 0 atom stereocenters. The van der Waals surface area contributed by atoms with Crippen molar-refractivity contribution < 1.29 is 4.79 Å². The molecule has 0 spiro atoms. The number of anilines is 1. The number of aromatic nitrogens is 2. The summed E-state index contributed by atoms with van der Waals surface area (Å²) in [6.07, 6.45) is 1.97. The van der Waals surface area contributed by atoms with Crippen LogP contribution in [0.3, 0.4) is 0 Å². The van der Waals surface area contributed by atoms with E-state index in [4.69, 9.17) is 0 Å². The van der Waals surface area contributed by atoms with Gasteiger partial charge in [-0.1, -0.05) is 12.1 Å². The maximum absolute atomic E-state index is 12.8. The quantitative estimate of drug-likeness (QED) is 0.572. The maximum atomic E-state index is 12.8. The Kier molecular flexibility index (Phi) is 2.98. The first kappa shape index (κ1) is 13.6. The first-order valence-electron chi connectivity index (χ1n) is 7.57. The Labute approximate surface area is 133 Å². The molecule has 1 amide bonds. The third-order valence-electron chi connectivity index (χ3n) is 4.22. The van der Waals surface area contributed by atoms with E-state index in [1.54, 1.807) is 0 Å². The fraction of sp³-hybridized carbons (Fsp3) is 0.105. The SMILES string of the molecule is Cc1cc2c(NC(=O)c3cccc4c3ccn4C)cccc2[nH]1. The highest BCUT2D eigenvalue weighted by molar-refractivity contribution is 6.14. The molecule has 0 bridgehead atoms. The molecule has 0 unspecified atom stereocenters. The summed E-state index contributed by atoms with van der Waals surface area (Å²) in [6.45, 7) is 2.01. The van der Waals surface area contributed by atoms with Gasteiger partial charge in [0.15, 0.2) is 0 Å². The molecule has 4 aromatic rings. The molecule has 114 valence electrons. The van der Waals surface area contributed by atoms with Gasteiger partial charge in [0.2, 0.25) is 0 Å². The van der Waals surface area contributed by atoms with Crippen molar-refractivity contribution in [2.45, 2.75) is 6.92 Å². The second-order valence-electron chi connectivity index (χ2n) is 5.84. The Balaban J connectivity index is 1.76. The number of benzene rings is 2. The van der Waals surface area contributed by atoms with Gasteiger partial charge < -0.3 is 14.9 Å². The van der Waals surface area contributed by atoms with Gasteiger partial charge in [0.25, 0.3) is 5.91 Å². The summed E-state index contributed by atoms with van der Waals surface area (Å²) >= 11 is 0. The first-order chi connectivity index (χ1) is 11.1. The summed E-state index contributed by atoms with van der Waals surface area (Å²) in [6, 6.07) is 15.7. The van der Waals surface area contributed by atoms with Crippen LogP contribution in [-0.2, 0) is 7.05 Å². The molecule has 2 aromatic heterocycles. The molecule has 2 N–H and O–H groups in total. The van der Waals surface area contributed by atoms with Gasteiger partial charge in [-0.3, -0.25) is 4.79 Å². The highest BCUT2D eigenvalue weighted by Crippen LogP contribution is 2.26. The minimum Gasteiger partial charge on any atom is -0.359 e. The minimum atomic E-state index is -0.0897. The molecule has 4 nitrogen and oxygen atoms in total. The van der Waals surface area contributed by atoms with Crippen LogP contribution in [0.2, 0.25) is 0 Å². The lowest BCUT2D eigenvalue weighted by Crippen LogP contribution is -2.12. The highest BCUT2D eigenvalue weighted by atomic mass is 16.1. The van der Waals surface area contributed by atoms with Crippen LogP contribution in [0, 0.1) is 6.92 Å². The number of H-pyrrole nitrogens is 1. The lowest BCUT2D eigenvalue weighted by atomic mass is 10.1. The van der Waals surface area contributed by atoms with Crippen molar-refractivity contribution in [3.8, 4) is 0 Å². The van der Waals surface area contributed by atoms with Crippen molar-refractivity contribution in [3.63, 3.8) is 0 Å². The molecular formula is C19H17N3O. The van der Waals surface area contributed by atoms with Crippen molar-refractivity contribution >= 4 is 33.4 Å². The summed E-state index contributed by atoms with van der Waals surface area (Å²) in [7, 11) is 1.98. The average molecular weight is 303 g/mol. The van der Waals surface area contributed by atoms with Crippen molar-refractivity contribution in [2.24, 2.45) is 7.05 Å². The number of nitrogens with zero attached hydrogens (tertiary/aromatic N) is 1. The number of nitrogens with one attached hydrogen (secondary N) is 2. The number of carbonyl (C=O) groups is 1. The molecule has 0 saturated carbocycles. The van der Waals surface area contributed by atoms with Gasteiger partial charge in [-0.15, -0.1) is 0 Å². The molecule has 0 saturated heterocycles. The number of fused-ring (bicyclic) bond motifs is 2. The second kappa shape index (κ2) is 5.02. The van der Waals surface area contributed by atoms with E-state index in [9.17, 15) is 4.79 Å². The third kappa shape index (κ3) is 2.19. The normalized spacial score (nSPS) is 11.2. The largest absolute Gasteiger partial charge is 0.359 e. The molecule has 23 heavy (non-hydrogen) atoms. The molecule has 2 aromatic carbocycles. The Morgan fingerprint density at radius 2 is 1.91 bits per heavy atom. The van der Waals surface area contributed by atoms with Crippen LogP contribution in [0.5, 0.6) is 0 Å². The van der Waals surface area contributed by atoms with E-state index in [2.05, 4.69) is 10.3 Å². The smallest absolute Gasteiger partial charge is 0.256 e. The summed E-state index contributed by atoms with van der Waals surface area (Å²) in [5.41, 5.74) is 4.66. The van der Waals surface area contributed by atoms with Gasteiger partial charge in [0.05, 0.1) is 5.69 Å². The van der Waals surface area contributed by atoms with Crippen molar-refractivity contribution in [1.29, 1.82) is 0 Å². The molecule has 4 rings (SSSR count). The van der Waals surface area contributed by atoms with E-state index < -0.39 is 0 Å². The minimum absolute atomic E-state index is 0.0897. The molecular weight excluding hydrogens is 286 g/mol. The fourth-order valence-electron chi connectivity index (χ4n) is 3.09. The standard InChI is InChI=1S/C19H17N3O/c1-12-11-15-16(20-12)6-4-7-17(15)21-19(23)14-5-3-8-18-13(14)9-10-22(18)2/h3-11,20H,1-2H3,(H,21,23). The van der Waals surface area contributed by atoms with E-state index in [0.717, 1.165) is 33.2 Å². The second-order valence-corrected chi connectivity index (χ2v) is 5.84. The molecule has 0 aliphatic rings. The fourth-order valence-corrected chi connectivity index (χ4v) is 3.09. The molecule has 2 heterocycles. The Morgan fingerprint density at radius 1 is 1.09 bits per heavy atom. The van der Waals surface area contributed by atoms with Crippen molar-refractivity contribution in [3.05, 3.63) is 66.0 Å². The zero-order chi connectivity index (χ0) is 16.0. The predicted molar refractivity (Wildman–Crippen MR) is 93.9 cm³/mol. The number of amides is 1. The van der Waals surface area contributed by atoms with Gasteiger partial charge in [0, 0.05) is 46.3 Å². The van der Waals surface area contributed by atoms with Gasteiger partial charge >= 0.3 is 0 Å². The number of rotatable bonds is 2. The van der Waals surface area contributed by atoms with E-state index >= 15 is 0 Å². The summed E-state index contributed by atoms with van der Waals surface area (Å²) in [5.74, 6) is -0.0897. The van der Waals surface area contributed by atoms with E-state index in [1.807, 2.05) is 73.3 Å². The molecule has 0 radical (unpaired) electrons. The zero-order valence-electron chi connectivity index (χ0n) is 13.1. The van der Waals surface area contributed by atoms with Gasteiger partial charge in [-0.25, -0.2) is 0 Å². The third-order valence-corrected chi connectivity index (χ3v) is 4.22. The summed E-state index contributed by atoms with van der Waals surface area (Å²) < 4.78 is 2.02. The van der Waals surface area contributed by atoms with Crippen LogP contribution in [0.1, 0.15) is 16.1 Å². The van der Waals surface area contributed by atoms with Crippen LogP contribution in [0.25, 0.3) is 21.8 Å². The van der Waals surface area contributed by atoms with Crippen LogP contribution >= 0.6 is 0 Å².